The first-order valence-corrected chi connectivity index (χ1v) is 20.8. The van der Waals surface area contributed by atoms with Crippen LogP contribution in [0.2, 0.25) is 0 Å². The maximum Gasteiger partial charge on any atom is 0.306 e. The van der Waals surface area contributed by atoms with Crippen molar-refractivity contribution in [2.24, 2.45) is 0 Å². The summed E-state index contributed by atoms with van der Waals surface area (Å²) in [6.45, 7) is 3.58. The van der Waals surface area contributed by atoms with Crippen molar-refractivity contribution in [2.75, 3.05) is 19.0 Å². The summed E-state index contributed by atoms with van der Waals surface area (Å²) in [6, 6.07) is 0. The van der Waals surface area contributed by atoms with Crippen LogP contribution in [-0.2, 0) is 38.7 Å². The predicted molar refractivity (Wildman–Crippen MR) is 201 cm³/mol. The van der Waals surface area contributed by atoms with Crippen molar-refractivity contribution >= 4 is 22.1 Å². The molecule has 0 spiro atoms. The van der Waals surface area contributed by atoms with E-state index in [2.05, 4.69) is 44.2 Å². The monoisotopic (exact) mass is 758 g/mol. The van der Waals surface area contributed by atoms with Gasteiger partial charge in [-0.15, -0.1) is 0 Å². The SMILES string of the molecule is CCCC/C=C/C=C/CCCCCC(=O)OCC(CO[C@H]1O[C@H](CS(=O)(=O)O)[C@@H](O)C(O)C1O)OC(=O)CC/C=C/C/C=C/CCCCCCCC. The molecule has 0 aromatic heterocycles. The van der Waals surface area contributed by atoms with E-state index in [-0.39, 0.29) is 19.4 Å². The third-order valence-electron chi connectivity index (χ3n) is 8.42. The Kier molecular flexibility index (Phi) is 27.5. The Bertz CT molecular complexity index is 1170. The van der Waals surface area contributed by atoms with Crippen LogP contribution in [-0.4, -0.2) is 96.0 Å². The molecule has 0 amide bonds. The number of carbonyl (C=O) groups excluding carboxylic acids is 2. The van der Waals surface area contributed by atoms with Crippen LogP contribution in [0.15, 0.2) is 48.6 Å². The minimum absolute atomic E-state index is 0.0509. The number of carbonyl (C=O) groups is 2. The van der Waals surface area contributed by atoms with E-state index in [1.807, 2.05) is 18.2 Å². The molecule has 6 atom stereocenters. The van der Waals surface area contributed by atoms with Gasteiger partial charge in [0.05, 0.1) is 6.61 Å². The Balaban J connectivity index is 2.60. The van der Waals surface area contributed by atoms with Crippen molar-refractivity contribution in [3.05, 3.63) is 48.6 Å². The van der Waals surface area contributed by atoms with Gasteiger partial charge in [-0.3, -0.25) is 14.1 Å². The third-order valence-corrected chi connectivity index (χ3v) is 9.17. The molecule has 300 valence electrons. The van der Waals surface area contributed by atoms with Gasteiger partial charge in [0.1, 0.15) is 36.8 Å². The molecule has 12 nitrogen and oxygen atoms in total. The number of aliphatic hydroxyl groups excluding tert-OH is 3. The molecule has 0 saturated carbocycles. The minimum Gasteiger partial charge on any atom is -0.462 e. The molecule has 1 saturated heterocycles. The number of ether oxygens (including phenoxy) is 4. The molecule has 52 heavy (non-hydrogen) atoms. The second kappa shape index (κ2) is 30.0. The molecule has 1 aliphatic rings. The molecule has 1 heterocycles. The maximum absolute atomic E-state index is 12.7. The number of allylic oxidation sites excluding steroid dienone is 8. The van der Waals surface area contributed by atoms with Gasteiger partial charge in [-0.2, -0.15) is 8.42 Å². The summed E-state index contributed by atoms with van der Waals surface area (Å²) in [5.74, 6) is -2.11. The molecular weight excluding hydrogens is 692 g/mol. The lowest BCUT2D eigenvalue weighted by Crippen LogP contribution is -2.60. The van der Waals surface area contributed by atoms with Crippen LogP contribution in [0, 0.1) is 0 Å². The first kappa shape index (κ1) is 47.6. The molecule has 0 bridgehead atoms. The highest BCUT2D eigenvalue weighted by molar-refractivity contribution is 7.85. The average Bonchev–Trinajstić information content (AvgIpc) is 3.10. The van der Waals surface area contributed by atoms with E-state index in [1.54, 1.807) is 0 Å². The number of hydrogen-bond acceptors (Lipinski definition) is 11. The highest BCUT2D eigenvalue weighted by Crippen LogP contribution is 2.23. The number of hydrogen-bond donors (Lipinski definition) is 4. The van der Waals surface area contributed by atoms with Crippen LogP contribution in [0.4, 0.5) is 0 Å². The molecule has 0 aromatic rings. The number of rotatable bonds is 30. The van der Waals surface area contributed by atoms with Crippen molar-refractivity contribution in [1.82, 2.24) is 0 Å². The molecule has 3 unspecified atom stereocenters. The summed E-state index contributed by atoms with van der Waals surface area (Å²) in [4.78, 5) is 25.1. The fourth-order valence-electron chi connectivity index (χ4n) is 5.35. The van der Waals surface area contributed by atoms with Gasteiger partial charge in [0.25, 0.3) is 10.1 Å². The van der Waals surface area contributed by atoms with Gasteiger partial charge in [0, 0.05) is 12.8 Å². The Morgan fingerprint density at radius 2 is 1.27 bits per heavy atom. The van der Waals surface area contributed by atoms with E-state index in [4.69, 9.17) is 18.9 Å². The topological polar surface area (TPSA) is 186 Å². The molecule has 1 aliphatic heterocycles. The molecule has 0 aliphatic carbocycles. The van der Waals surface area contributed by atoms with E-state index in [0.29, 0.717) is 12.8 Å². The lowest BCUT2D eigenvalue weighted by Gasteiger charge is -2.40. The molecule has 1 rings (SSSR count). The second-order valence-corrected chi connectivity index (χ2v) is 14.8. The van der Waals surface area contributed by atoms with Crippen LogP contribution >= 0.6 is 0 Å². The summed E-state index contributed by atoms with van der Waals surface area (Å²) in [6.07, 6.45) is 23.4. The van der Waals surface area contributed by atoms with Crippen molar-refractivity contribution < 1.29 is 56.8 Å². The van der Waals surface area contributed by atoms with Crippen LogP contribution < -0.4 is 0 Å². The fraction of sp³-hybridized carbons (Fsp3) is 0.744. The molecule has 4 N–H and O–H groups in total. The van der Waals surface area contributed by atoms with Gasteiger partial charge in [-0.1, -0.05) is 114 Å². The van der Waals surface area contributed by atoms with Gasteiger partial charge in [0.2, 0.25) is 0 Å². The van der Waals surface area contributed by atoms with Gasteiger partial charge < -0.3 is 34.3 Å². The Hall–Kier alpha value is -2.39. The summed E-state index contributed by atoms with van der Waals surface area (Å²) in [5, 5.41) is 30.7. The number of esters is 2. The molecule has 13 heteroatoms. The van der Waals surface area contributed by atoms with E-state index in [0.717, 1.165) is 38.5 Å². The molecular formula is C39H66O12S. The zero-order valence-electron chi connectivity index (χ0n) is 31.4. The van der Waals surface area contributed by atoms with E-state index >= 15 is 0 Å². The predicted octanol–water partition coefficient (Wildman–Crippen LogP) is 6.44. The zero-order valence-corrected chi connectivity index (χ0v) is 32.2. The van der Waals surface area contributed by atoms with Crippen LogP contribution in [0.1, 0.15) is 129 Å². The zero-order chi connectivity index (χ0) is 38.5. The van der Waals surface area contributed by atoms with Crippen molar-refractivity contribution in [3.63, 3.8) is 0 Å². The van der Waals surface area contributed by atoms with E-state index < -0.39 is 71.2 Å². The number of unbranched alkanes of at least 4 members (excludes halogenated alkanes) is 11. The van der Waals surface area contributed by atoms with Crippen LogP contribution in [0.5, 0.6) is 0 Å². The summed E-state index contributed by atoms with van der Waals surface area (Å²) >= 11 is 0. The first-order chi connectivity index (χ1) is 25.0. The normalized spacial score (nSPS) is 21.8. The number of aliphatic hydroxyl groups is 3. The molecule has 0 radical (unpaired) electrons. The Labute approximate surface area is 312 Å². The summed E-state index contributed by atoms with van der Waals surface area (Å²) < 4.78 is 53.7. The lowest BCUT2D eigenvalue weighted by molar-refractivity contribution is -0.297. The Morgan fingerprint density at radius 3 is 1.94 bits per heavy atom. The standard InChI is InChI=1S/C39H66O12S/c1-3-5-7-9-11-13-15-16-18-20-22-24-26-28-35(41)50-32(29-48-34(40)27-25-23-21-19-17-14-12-10-8-6-4-2)30-49-39-38(44)37(43)36(42)33(51-39)31-52(45,46)47/h10,12,14,16-18,22,24,32-33,36-39,42-44H,3-9,11,13,15,19-21,23,25-31H2,1-2H3,(H,45,46,47)/b12-10+,17-14+,18-16+,24-22+/t32?,33-,36-,37?,38?,39+/m1/s1. The fourth-order valence-corrected chi connectivity index (χ4v) is 6.04. The van der Waals surface area contributed by atoms with E-state index in [1.165, 1.54) is 51.4 Å². The molecule has 0 aromatic carbocycles. The Morgan fingerprint density at radius 1 is 0.673 bits per heavy atom. The third kappa shape index (κ3) is 24.8. The van der Waals surface area contributed by atoms with Crippen molar-refractivity contribution in [1.29, 1.82) is 0 Å². The van der Waals surface area contributed by atoms with Crippen molar-refractivity contribution in [2.45, 2.75) is 166 Å². The highest BCUT2D eigenvalue weighted by atomic mass is 32.2. The maximum atomic E-state index is 12.7. The largest absolute Gasteiger partial charge is 0.462 e. The minimum atomic E-state index is -4.61. The summed E-state index contributed by atoms with van der Waals surface area (Å²) in [7, 11) is -4.61. The second-order valence-electron chi connectivity index (χ2n) is 13.3. The molecule has 1 fully saturated rings. The smallest absolute Gasteiger partial charge is 0.306 e. The van der Waals surface area contributed by atoms with E-state index in [9.17, 15) is 37.9 Å². The average molecular weight is 759 g/mol. The lowest BCUT2D eigenvalue weighted by atomic mass is 10.00. The first-order valence-electron chi connectivity index (χ1n) is 19.2. The van der Waals surface area contributed by atoms with Gasteiger partial charge in [0.15, 0.2) is 12.4 Å². The van der Waals surface area contributed by atoms with Crippen LogP contribution in [0.25, 0.3) is 0 Å². The van der Waals surface area contributed by atoms with Gasteiger partial charge in [-0.05, 0) is 51.4 Å². The highest BCUT2D eigenvalue weighted by Gasteiger charge is 2.46. The van der Waals surface area contributed by atoms with Crippen LogP contribution in [0.3, 0.4) is 0 Å². The quantitative estimate of drug-likeness (QED) is 0.0207. The summed E-state index contributed by atoms with van der Waals surface area (Å²) in [5.41, 5.74) is 0. The van der Waals surface area contributed by atoms with Gasteiger partial charge >= 0.3 is 11.9 Å². The van der Waals surface area contributed by atoms with Gasteiger partial charge in [-0.25, -0.2) is 0 Å². The van der Waals surface area contributed by atoms with Crippen molar-refractivity contribution in [3.8, 4) is 0 Å².